The molecule has 0 aromatic heterocycles. The third-order valence-corrected chi connectivity index (χ3v) is 1.30. The summed E-state index contributed by atoms with van der Waals surface area (Å²) < 4.78 is 7.71. The molecule has 3 nitrogen and oxygen atoms in total. The van der Waals surface area contributed by atoms with Gasteiger partial charge >= 0.3 is 6.16 Å². The Kier molecular flexibility index (Phi) is 5.34. The minimum absolute atomic E-state index is 0.112. The number of ether oxygens (including phenoxy) is 2. The summed E-state index contributed by atoms with van der Waals surface area (Å²) in [5.74, 6) is 0. The zero-order valence-corrected chi connectivity index (χ0v) is 10.5. The van der Waals surface area contributed by atoms with Crippen LogP contribution in [0.1, 0.15) is 20.8 Å². The van der Waals surface area contributed by atoms with E-state index in [1.54, 1.807) is 0 Å². The lowest BCUT2D eigenvalue weighted by Gasteiger charge is -2.18. The fourth-order valence-electron chi connectivity index (χ4n) is 0.458. The second-order valence-electron chi connectivity index (χ2n) is 4.00. The van der Waals surface area contributed by atoms with Crippen molar-refractivity contribution < 1.29 is 14.3 Å². The average molecular weight is 264 g/mol. The molecule has 0 saturated carbocycles. The Balaban J connectivity index is 3.68. The van der Waals surface area contributed by atoms with E-state index in [-0.39, 0.29) is 18.6 Å². The van der Waals surface area contributed by atoms with Crippen molar-refractivity contribution in [3.8, 4) is 0 Å². The maximum Gasteiger partial charge on any atom is 0.508 e. The number of rotatable bonds is 2. The van der Waals surface area contributed by atoms with Crippen molar-refractivity contribution in [2.24, 2.45) is 5.41 Å². The largest absolute Gasteiger partial charge is 0.508 e. The highest BCUT2D eigenvalue weighted by Crippen LogP contribution is 2.26. The smallest absolute Gasteiger partial charge is 0.434 e. The molecular formula is C8H13Cl3O3. The van der Waals surface area contributed by atoms with E-state index in [0.29, 0.717) is 0 Å². The van der Waals surface area contributed by atoms with E-state index >= 15 is 0 Å². The lowest BCUT2D eigenvalue weighted by molar-refractivity contribution is 0.0343. The monoisotopic (exact) mass is 262 g/mol. The molecule has 0 aliphatic heterocycles. The third kappa shape index (κ3) is 10.2. The molecule has 0 rings (SSSR count). The number of hydrogen-bond acceptors (Lipinski definition) is 3. The Hall–Kier alpha value is 0.140. The molecular weight excluding hydrogens is 250 g/mol. The molecule has 6 heteroatoms. The normalized spacial score (nSPS) is 12.4. The van der Waals surface area contributed by atoms with Crippen molar-refractivity contribution in [3.05, 3.63) is 0 Å². The van der Waals surface area contributed by atoms with Gasteiger partial charge in [0.15, 0.2) is 0 Å². The van der Waals surface area contributed by atoms with Crippen LogP contribution in [0.3, 0.4) is 0 Å². The summed E-state index contributed by atoms with van der Waals surface area (Å²) in [6, 6.07) is 0. The number of halogens is 3. The Labute approximate surface area is 98.6 Å². The minimum atomic E-state index is -1.60. The number of carbonyl (C=O) groups is 1. The summed E-state index contributed by atoms with van der Waals surface area (Å²) in [7, 11) is 0. The van der Waals surface area contributed by atoms with Gasteiger partial charge in [0, 0.05) is 0 Å². The molecule has 14 heavy (non-hydrogen) atoms. The van der Waals surface area contributed by atoms with Crippen molar-refractivity contribution in [1.82, 2.24) is 0 Å². The van der Waals surface area contributed by atoms with Gasteiger partial charge in [-0.3, -0.25) is 0 Å². The zero-order valence-electron chi connectivity index (χ0n) is 8.27. The third-order valence-electron chi connectivity index (χ3n) is 0.977. The Morgan fingerprint density at radius 1 is 1.07 bits per heavy atom. The van der Waals surface area contributed by atoms with Crippen LogP contribution in [-0.2, 0) is 9.47 Å². The fourth-order valence-corrected chi connectivity index (χ4v) is 0.622. The molecule has 0 amide bonds. The van der Waals surface area contributed by atoms with Crippen molar-refractivity contribution in [1.29, 1.82) is 0 Å². The second-order valence-corrected chi connectivity index (χ2v) is 6.52. The highest BCUT2D eigenvalue weighted by atomic mass is 35.6. The molecule has 0 radical (unpaired) electrons. The summed E-state index contributed by atoms with van der Waals surface area (Å²) in [4.78, 5) is 10.9. The quantitative estimate of drug-likeness (QED) is 0.564. The molecule has 0 bridgehead atoms. The van der Waals surface area contributed by atoms with E-state index in [1.165, 1.54) is 0 Å². The van der Waals surface area contributed by atoms with Gasteiger partial charge in [-0.2, -0.15) is 0 Å². The molecule has 0 heterocycles. The Morgan fingerprint density at radius 3 is 1.86 bits per heavy atom. The van der Waals surface area contributed by atoms with E-state index in [2.05, 4.69) is 4.74 Å². The van der Waals surface area contributed by atoms with Crippen LogP contribution in [-0.4, -0.2) is 23.2 Å². The van der Waals surface area contributed by atoms with Gasteiger partial charge in [0.25, 0.3) is 0 Å². The van der Waals surface area contributed by atoms with Crippen LogP contribution >= 0.6 is 34.8 Å². The molecule has 0 spiro atoms. The highest BCUT2D eigenvalue weighted by molar-refractivity contribution is 6.67. The van der Waals surface area contributed by atoms with Crippen molar-refractivity contribution in [2.45, 2.75) is 24.6 Å². The summed E-state index contributed by atoms with van der Waals surface area (Å²) in [6.07, 6.45) is -0.828. The summed E-state index contributed by atoms with van der Waals surface area (Å²) in [5, 5.41) is 0. The number of hydrogen-bond donors (Lipinski definition) is 0. The van der Waals surface area contributed by atoms with Crippen LogP contribution in [0, 0.1) is 5.41 Å². The van der Waals surface area contributed by atoms with Gasteiger partial charge in [0.1, 0.15) is 6.61 Å². The first-order valence-corrected chi connectivity index (χ1v) is 5.10. The molecule has 0 aromatic rings. The molecule has 0 fully saturated rings. The number of alkyl halides is 3. The van der Waals surface area contributed by atoms with Crippen LogP contribution in [0.15, 0.2) is 0 Å². The predicted molar refractivity (Wildman–Crippen MR) is 57.0 cm³/mol. The van der Waals surface area contributed by atoms with Crippen LogP contribution < -0.4 is 0 Å². The lowest BCUT2D eigenvalue weighted by atomic mass is 9.99. The highest BCUT2D eigenvalue weighted by Gasteiger charge is 2.23. The SMILES string of the molecule is CC(C)(C)COC(=O)OCC(Cl)(Cl)Cl. The van der Waals surface area contributed by atoms with Gasteiger partial charge in [-0.15, -0.1) is 0 Å². The van der Waals surface area contributed by atoms with Crippen LogP contribution in [0.5, 0.6) is 0 Å². The molecule has 84 valence electrons. The van der Waals surface area contributed by atoms with Crippen molar-refractivity contribution >= 4 is 41.0 Å². The Bertz CT molecular complexity index is 173. The first kappa shape index (κ1) is 14.1. The molecule has 0 N–H and O–H groups in total. The van der Waals surface area contributed by atoms with E-state index < -0.39 is 9.95 Å². The van der Waals surface area contributed by atoms with Gasteiger partial charge in [0.05, 0.1) is 6.61 Å². The van der Waals surface area contributed by atoms with Gasteiger partial charge < -0.3 is 9.47 Å². The lowest BCUT2D eigenvalue weighted by Crippen LogP contribution is -2.22. The maximum absolute atomic E-state index is 10.9. The minimum Gasteiger partial charge on any atom is -0.434 e. The first-order valence-electron chi connectivity index (χ1n) is 3.96. The van der Waals surface area contributed by atoms with Crippen LogP contribution in [0.25, 0.3) is 0 Å². The van der Waals surface area contributed by atoms with Gasteiger partial charge in [0.2, 0.25) is 3.79 Å². The van der Waals surface area contributed by atoms with Crippen LogP contribution in [0.4, 0.5) is 4.79 Å². The molecule has 0 aliphatic carbocycles. The zero-order chi connectivity index (χ0) is 11.4. The van der Waals surface area contributed by atoms with E-state index in [1.807, 2.05) is 20.8 Å². The fraction of sp³-hybridized carbons (Fsp3) is 0.875. The number of carbonyl (C=O) groups excluding carboxylic acids is 1. The summed E-state index contributed by atoms with van der Waals surface area (Å²) in [5.41, 5.74) is -0.112. The molecule has 0 atom stereocenters. The molecule has 0 aliphatic rings. The topological polar surface area (TPSA) is 35.5 Å². The van der Waals surface area contributed by atoms with Crippen molar-refractivity contribution in [3.63, 3.8) is 0 Å². The van der Waals surface area contributed by atoms with Gasteiger partial charge in [-0.05, 0) is 5.41 Å². The van der Waals surface area contributed by atoms with Crippen molar-refractivity contribution in [2.75, 3.05) is 13.2 Å². The van der Waals surface area contributed by atoms with E-state index in [9.17, 15) is 4.79 Å². The van der Waals surface area contributed by atoms with Gasteiger partial charge in [-0.25, -0.2) is 4.79 Å². The van der Waals surface area contributed by atoms with E-state index in [4.69, 9.17) is 39.5 Å². The first-order chi connectivity index (χ1) is 6.10. The standard InChI is InChI=1S/C8H13Cl3O3/c1-7(2,3)4-13-6(12)14-5-8(9,10)11/h4-5H2,1-3H3. The second kappa shape index (κ2) is 5.29. The molecule has 0 unspecified atom stereocenters. The van der Waals surface area contributed by atoms with E-state index in [0.717, 1.165) is 0 Å². The van der Waals surface area contributed by atoms with Crippen LogP contribution in [0.2, 0.25) is 0 Å². The molecule has 0 saturated heterocycles. The predicted octanol–water partition coefficient (Wildman–Crippen LogP) is 3.56. The summed E-state index contributed by atoms with van der Waals surface area (Å²) in [6.45, 7) is 5.71. The maximum atomic E-state index is 10.9. The Morgan fingerprint density at radius 2 is 1.50 bits per heavy atom. The average Bonchev–Trinajstić information content (AvgIpc) is 1.94. The van der Waals surface area contributed by atoms with Gasteiger partial charge in [-0.1, -0.05) is 55.6 Å². The molecule has 0 aromatic carbocycles. The summed E-state index contributed by atoms with van der Waals surface area (Å²) >= 11 is 16.1.